The molecule has 9 nitrogen and oxygen atoms in total. The number of aryl methyl sites for hydroxylation is 1. The molecule has 1 aromatic heterocycles. The molecule has 4 rings (SSSR count). The van der Waals surface area contributed by atoms with Crippen LogP contribution in [0.2, 0.25) is 0 Å². The van der Waals surface area contributed by atoms with E-state index in [0.717, 1.165) is 11.3 Å². The van der Waals surface area contributed by atoms with Crippen LogP contribution in [0, 0.1) is 12.8 Å². The van der Waals surface area contributed by atoms with E-state index in [1.54, 1.807) is 25.9 Å². The predicted octanol–water partition coefficient (Wildman–Crippen LogP) is 0.991. The number of methoxy groups -OCH3 is 1. The van der Waals surface area contributed by atoms with Crippen molar-refractivity contribution in [1.82, 2.24) is 19.3 Å². The summed E-state index contributed by atoms with van der Waals surface area (Å²) in [6, 6.07) is 7.41. The molecule has 2 fully saturated rings. The van der Waals surface area contributed by atoms with Crippen molar-refractivity contribution in [1.29, 1.82) is 0 Å². The molecule has 2 unspecified atom stereocenters. The lowest BCUT2D eigenvalue weighted by atomic mass is 9.81. The first-order chi connectivity index (χ1) is 14.3. The van der Waals surface area contributed by atoms with Crippen molar-refractivity contribution in [2.75, 3.05) is 39.0 Å². The summed E-state index contributed by atoms with van der Waals surface area (Å²) in [7, 11) is -1.74. The first-order valence-corrected chi connectivity index (χ1v) is 11.6. The number of amides is 1. The van der Waals surface area contributed by atoms with E-state index in [1.165, 1.54) is 4.31 Å². The van der Waals surface area contributed by atoms with Crippen LogP contribution in [0.15, 0.2) is 28.8 Å². The number of rotatable bonds is 6. The van der Waals surface area contributed by atoms with Crippen LogP contribution in [0.1, 0.15) is 24.2 Å². The number of benzene rings is 1. The topological polar surface area (TPSA) is 106 Å². The van der Waals surface area contributed by atoms with Crippen LogP contribution in [0.4, 0.5) is 0 Å². The number of nitrogens with zero attached hydrogens (tertiary/aromatic N) is 4. The van der Waals surface area contributed by atoms with Crippen molar-refractivity contribution in [3.05, 3.63) is 41.5 Å². The zero-order valence-electron chi connectivity index (χ0n) is 17.4. The molecule has 0 aliphatic carbocycles. The summed E-state index contributed by atoms with van der Waals surface area (Å²) in [6.07, 6.45) is 0.270. The van der Waals surface area contributed by atoms with Crippen LogP contribution >= 0.6 is 0 Å². The lowest BCUT2D eigenvalue weighted by molar-refractivity contribution is -0.129. The van der Waals surface area contributed by atoms with Crippen LogP contribution in [0.3, 0.4) is 0 Å². The number of carbonyl (C=O) groups is 1. The molecule has 0 spiro atoms. The van der Waals surface area contributed by atoms with Crippen LogP contribution < -0.4 is 4.74 Å². The van der Waals surface area contributed by atoms with Gasteiger partial charge in [-0.2, -0.15) is 4.98 Å². The van der Waals surface area contributed by atoms with Gasteiger partial charge in [0.15, 0.2) is 5.82 Å². The number of hydrogen-bond acceptors (Lipinski definition) is 7. The summed E-state index contributed by atoms with van der Waals surface area (Å²) in [5.41, 5.74) is 0.231. The Balaban J connectivity index is 1.56. The number of ether oxygens (including phenoxy) is 1. The zero-order chi connectivity index (χ0) is 21.5. The fraction of sp³-hybridized carbons (Fsp3) is 0.550. The highest BCUT2D eigenvalue weighted by atomic mass is 32.2. The zero-order valence-corrected chi connectivity index (χ0v) is 18.2. The Morgan fingerprint density at radius 2 is 2.00 bits per heavy atom. The van der Waals surface area contributed by atoms with Crippen molar-refractivity contribution >= 4 is 15.9 Å². The Kier molecular flexibility index (Phi) is 5.31. The molecule has 30 heavy (non-hydrogen) atoms. The Morgan fingerprint density at radius 3 is 2.60 bits per heavy atom. The van der Waals surface area contributed by atoms with Gasteiger partial charge in [-0.1, -0.05) is 17.3 Å². The average molecular weight is 435 g/mol. The SMILES string of the molecule is CCS(=O)(=O)N1CC2CN(C(=O)Cc3ccc(OC)cc3)CC2(c2nc(C)no2)C1. The van der Waals surface area contributed by atoms with E-state index in [2.05, 4.69) is 10.1 Å². The monoisotopic (exact) mass is 434 g/mol. The Morgan fingerprint density at radius 1 is 1.27 bits per heavy atom. The molecule has 10 heteroatoms. The summed E-state index contributed by atoms with van der Waals surface area (Å²) in [4.78, 5) is 19.2. The normalized spacial score (nSPS) is 24.2. The summed E-state index contributed by atoms with van der Waals surface area (Å²) in [5, 5.41) is 3.91. The second kappa shape index (κ2) is 7.66. The van der Waals surface area contributed by atoms with Crippen molar-refractivity contribution in [3.8, 4) is 5.75 Å². The highest BCUT2D eigenvalue weighted by Gasteiger charge is 2.59. The molecule has 0 radical (unpaired) electrons. The van der Waals surface area contributed by atoms with Gasteiger partial charge in [0.05, 0.1) is 24.7 Å². The molecular formula is C20H26N4O5S. The van der Waals surface area contributed by atoms with Gasteiger partial charge in [-0.3, -0.25) is 4.79 Å². The summed E-state index contributed by atoms with van der Waals surface area (Å²) >= 11 is 0. The van der Waals surface area contributed by atoms with Crippen LogP contribution in [0.25, 0.3) is 0 Å². The number of fused-ring (bicyclic) bond motifs is 1. The Labute approximate surface area is 176 Å². The van der Waals surface area contributed by atoms with Crippen molar-refractivity contribution < 1.29 is 22.5 Å². The lowest BCUT2D eigenvalue weighted by Gasteiger charge is -2.25. The minimum Gasteiger partial charge on any atom is -0.497 e. The van der Waals surface area contributed by atoms with E-state index in [1.807, 2.05) is 24.3 Å². The minimum absolute atomic E-state index is 0.00456. The molecule has 162 valence electrons. The van der Waals surface area contributed by atoms with Gasteiger partial charge in [-0.15, -0.1) is 0 Å². The molecule has 1 amide bonds. The highest BCUT2D eigenvalue weighted by molar-refractivity contribution is 7.89. The molecule has 0 N–H and O–H groups in total. The van der Waals surface area contributed by atoms with Gasteiger partial charge < -0.3 is 14.2 Å². The van der Waals surface area contributed by atoms with Crippen molar-refractivity contribution in [3.63, 3.8) is 0 Å². The quantitative estimate of drug-likeness (QED) is 0.667. The van der Waals surface area contributed by atoms with Gasteiger partial charge in [0, 0.05) is 32.1 Å². The predicted molar refractivity (Wildman–Crippen MR) is 109 cm³/mol. The maximum absolute atomic E-state index is 13.0. The second-order valence-corrected chi connectivity index (χ2v) is 10.2. The third-order valence-corrected chi connectivity index (χ3v) is 7.95. The molecule has 0 saturated carbocycles. The van der Waals surface area contributed by atoms with Gasteiger partial charge >= 0.3 is 0 Å². The third-order valence-electron chi connectivity index (χ3n) is 6.16. The number of aromatic nitrogens is 2. The number of hydrogen-bond donors (Lipinski definition) is 0. The third kappa shape index (κ3) is 3.58. The van der Waals surface area contributed by atoms with Crippen LogP contribution in [-0.4, -0.2) is 72.7 Å². The van der Waals surface area contributed by atoms with Gasteiger partial charge in [-0.25, -0.2) is 12.7 Å². The maximum atomic E-state index is 13.0. The fourth-order valence-corrected chi connectivity index (χ4v) is 5.63. The summed E-state index contributed by atoms with van der Waals surface area (Å²) in [6.45, 7) is 4.80. The van der Waals surface area contributed by atoms with E-state index >= 15 is 0 Å². The van der Waals surface area contributed by atoms with Crippen molar-refractivity contribution in [2.24, 2.45) is 5.92 Å². The molecule has 1 aromatic carbocycles. The Bertz CT molecular complexity index is 1040. The largest absolute Gasteiger partial charge is 0.497 e. The molecule has 2 saturated heterocycles. The van der Waals surface area contributed by atoms with Gasteiger partial charge in [0.25, 0.3) is 0 Å². The number of sulfonamides is 1. The van der Waals surface area contributed by atoms with Crippen molar-refractivity contribution in [2.45, 2.75) is 25.7 Å². The van der Waals surface area contributed by atoms with E-state index < -0.39 is 15.4 Å². The van der Waals surface area contributed by atoms with E-state index in [-0.39, 0.29) is 30.5 Å². The molecule has 3 heterocycles. The fourth-order valence-electron chi connectivity index (χ4n) is 4.44. The standard InChI is InChI=1S/C20H26N4O5S/c1-4-30(26,27)24-11-16-10-23(12-20(16,13-24)19-21-14(2)22-29-19)18(25)9-15-5-7-17(28-3)8-6-15/h5-8,16H,4,9-13H2,1-3H3. The first kappa shape index (κ1) is 20.8. The van der Waals surface area contributed by atoms with Crippen LogP contribution in [-0.2, 0) is 26.7 Å². The van der Waals surface area contributed by atoms with E-state index in [9.17, 15) is 13.2 Å². The molecule has 2 aliphatic heterocycles. The molecular weight excluding hydrogens is 408 g/mol. The molecule has 2 aromatic rings. The van der Waals surface area contributed by atoms with Gasteiger partial charge in [0.2, 0.25) is 21.8 Å². The van der Waals surface area contributed by atoms with E-state index in [4.69, 9.17) is 9.26 Å². The Hall–Kier alpha value is -2.46. The molecule has 0 bridgehead atoms. The second-order valence-electron chi connectivity index (χ2n) is 7.99. The first-order valence-electron chi connectivity index (χ1n) is 9.96. The minimum atomic E-state index is -3.34. The van der Waals surface area contributed by atoms with Gasteiger partial charge in [-0.05, 0) is 31.5 Å². The van der Waals surface area contributed by atoms with Crippen LogP contribution in [0.5, 0.6) is 5.75 Å². The summed E-state index contributed by atoms with van der Waals surface area (Å²) in [5.74, 6) is 1.61. The highest BCUT2D eigenvalue weighted by Crippen LogP contribution is 2.45. The number of carbonyl (C=O) groups excluding carboxylic acids is 1. The summed E-state index contributed by atoms with van der Waals surface area (Å²) < 4.78 is 37.1. The molecule has 2 aliphatic rings. The number of likely N-dealkylation sites (tertiary alicyclic amines) is 1. The average Bonchev–Trinajstić information content (AvgIpc) is 3.41. The molecule has 2 atom stereocenters. The smallest absolute Gasteiger partial charge is 0.236 e. The maximum Gasteiger partial charge on any atom is 0.236 e. The van der Waals surface area contributed by atoms with E-state index in [0.29, 0.717) is 31.3 Å². The lowest BCUT2D eigenvalue weighted by Crippen LogP contribution is -2.42. The van der Waals surface area contributed by atoms with Gasteiger partial charge in [0.1, 0.15) is 5.75 Å².